The van der Waals surface area contributed by atoms with Crippen molar-refractivity contribution in [1.82, 2.24) is 5.32 Å². The molecule has 8 heteroatoms. The van der Waals surface area contributed by atoms with E-state index in [0.29, 0.717) is 24.7 Å². The second-order valence-electron chi connectivity index (χ2n) is 5.53. The Morgan fingerprint density at radius 2 is 1.83 bits per heavy atom. The minimum absolute atomic E-state index is 0.216. The number of carbonyl (C=O) groups is 1. The first-order valence-electron chi connectivity index (χ1n) is 7.72. The van der Waals surface area contributed by atoms with Gasteiger partial charge in [-0.05, 0) is 45.0 Å². The number of amides is 1. The van der Waals surface area contributed by atoms with Crippen LogP contribution in [-0.4, -0.2) is 53.0 Å². The molecule has 0 unspecified atom stereocenters. The van der Waals surface area contributed by atoms with Crippen LogP contribution < -0.4 is 14.4 Å². The van der Waals surface area contributed by atoms with Crippen molar-refractivity contribution in [2.45, 2.75) is 32.9 Å². The van der Waals surface area contributed by atoms with E-state index in [4.69, 9.17) is 9.47 Å². The van der Waals surface area contributed by atoms with Crippen LogP contribution in [0.5, 0.6) is 5.75 Å². The molecule has 7 nitrogen and oxygen atoms in total. The van der Waals surface area contributed by atoms with Gasteiger partial charge in [-0.25, -0.2) is 8.42 Å². The number of hydrogen-bond acceptors (Lipinski definition) is 5. The van der Waals surface area contributed by atoms with Gasteiger partial charge in [0.05, 0.1) is 25.2 Å². The van der Waals surface area contributed by atoms with Crippen LogP contribution in [0.1, 0.15) is 20.8 Å². The van der Waals surface area contributed by atoms with E-state index in [9.17, 15) is 13.2 Å². The summed E-state index contributed by atoms with van der Waals surface area (Å²) >= 11 is 0. The van der Waals surface area contributed by atoms with Gasteiger partial charge in [0.1, 0.15) is 11.8 Å². The summed E-state index contributed by atoms with van der Waals surface area (Å²) in [6.07, 6.45) is 1.08. The first-order chi connectivity index (χ1) is 11.2. The third-order valence-electron chi connectivity index (χ3n) is 3.30. The number of methoxy groups -OCH3 is 1. The van der Waals surface area contributed by atoms with E-state index in [0.717, 1.165) is 10.6 Å². The maximum atomic E-state index is 12.4. The van der Waals surface area contributed by atoms with Crippen molar-refractivity contribution in [3.05, 3.63) is 24.3 Å². The summed E-state index contributed by atoms with van der Waals surface area (Å²) in [7, 11) is -2.10. The molecule has 136 valence electrons. The lowest BCUT2D eigenvalue weighted by Gasteiger charge is -2.29. The highest BCUT2D eigenvalue weighted by atomic mass is 32.2. The average molecular weight is 358 g/mol. The minimum atomic E-state index is -3.63. The monoisotopic (exact) mass is 358 g/mol. The standard InChI is InChI=1S/C16H26N2O5S/c1-6-23-15-9-7-14(8-10-15)18(24(5,20)21)13(3)16(19)17-12(2)11-22-4/h7-10,12-13H,6,11H2,1-5H3,(H,17,19)/t12-,13-/m1/s1. The number of anilines is 1. The number of hydrogen-bond donors (Lipinski definition) is 1. The Kier molecular flexibility index (Phi) is 7.50. The Morgan fingerprint density at radius 3 is 2.29 bits per heavy atom. The van der Waals surface area contributed by atoms with Gasteiger partial charge in [0.2, 0.25) is 15.9 Å². The Morgan fingerprint density at radius 1 is 1.25 bits per heavy atom. The molecule has 1 N–H and O–H groups in total. The summed E-state index contributed by atoms with van der Waals surface area (Å²) in [5.41, 5.74) is 0.406. The van der Waals surface area contributed by atoms with Gasteiger partial charge in [0.15, 0.2) is 0 Å². The highest BCUT2D eigenvalue weighted by Gasteiger charge is 2.29. The molecule has 0 heterocycles. The third-order valence-corrected chi connectivity index (χ3v) is 4.54. The van der Waals surface area contributed by atoms with Gasteiger partial charge < -0.3 is 14.8 Å². The van der Waals surface area contributed by atoms with Crippen LogP contribution in [0, 0.1) is 0 Å². The van der Waals surface area contributed by atoms with E-state index in [-0.39, 0.29) is 11.9 Å². The van der Waals surface area contributed by atoms with E-state index in [2.05, 4.69) is 5.32 Å². The van der Waals surface area contributed by atoms with Crippen LogP contribution in [-0.2, 0) is 19.6 Å². The van der Waals surface area contributed by atoms with Crippen LogP contribution in [0.15, 0.2) is 24.3 Å². The van der Waals surface area contributed by atoms with Crippen molar-refractivity contribution in [1.29, 1.82) is 0 Å². The molecule has 0 aliphatic rings. The summed E-state index contributed by atoms with van der Waals surface area (Å²) in [6.45, 7) is 6.07. The molecule has 1 aromatic rings. The number of nitrogens with one attached hydrogen (secondary N) is 1. The van der Waals surface area contributed by atoms with Crippen molar-refractivity contribution in [3.8, 4) is 5.75 Å². The van der Waals surface area contributed by atoms with E-state index < -0.39 is 16.1 Å². The zero-order valence-corrected chi connectivity index (χ0v) is 15.6. The Hall–Kier alpha value is -1.80. The molecular weight excluding hydrogens is 332 g/mol. The topological polar surface area (TPSA) is 84.9 Å². The Labute approximate surface area is 144 Å². The van der Waals surface area contributed by atoms with E-state index in [1.165, 1.54) is 7.11 Å². The molecule has 0 aliphatic heterocycles. The van der Waals surface area contributed by atoms with Crippen molar-refractivity contribution in [3.63, 3.8) is 0 Å². The number of sulfonamides is 1. The summed E-state index contributed by atoms with van der Waals surface area (Å²) < 4.78 is 35.8. The zero-order valence-electron chi connectivity index (χ0n) is 14.8. The number of carbonyl (C=O) groups excluding carboxylic acids is 1. The normalized spacial score (nSPS) is 13.9. The summed E-state index contributed by atoms with van der Waals surface area (Å²) in [5.74, 6) is 0.249. The molecule has 0 aromatic heterocycles. The molecule has 0 fully saturated rings. The minimum Gasteiger partial charge on any atom is -0.494 e. The van der Waals surface area contributed by atoms with Gasteiger partial charge in [-0.3, -0.25) is 9.10 Å². The Balaban J connectivity index is 3.02. The molecule has 0 bridgehead atoms. The van der Waals surface area contributed by atoms with Crippen molar-refractivity contribution in [2.24, 2.45) is 0 Å². The SMILES string of the molecule is CCOc1ccc(N([C@H](C)C(=O)N[C@H](C)COC)S(C)(=O)=O)cc1. The molecule has 1 aromatic carbocycles. The van der Waals surface area contributed by atoms with Crippen LogP contribution in [0.4, 0.5) is 5.69 Å². The van der Waals surface area contributed by atoms with Gasteiger partial charge in [0, 0.05) is 13.2 Å². The van der Waals surface area contributed by atoms with Crippen LogP contribution in [0.2, 0.25) is 0 Å². The van der Waals surface area contributed by atoms with Gasteiger partial charge in [-0.2, -0.15) is 0 Å². The van der Waals surface area contributed by atoms with E-state index in [1.807, 2.05) is 6.92 Å². The fourth-order valence-electron chi connectivity index (χ4n) is 2.32. The quantitative estimate of drug-likeness (QED) is 0.721. The highest BCUT2D eigenvalue weighted by Crippen LogP contribution is 2.24. The lowest BCUT2D eigenvalue weighted by molar-refractivity contribution is -0.122. The molecule has 0 radical (unpaired) electrons. The number of nitrogens with zero attached hydrogens (tertiary/aromatic N) is 1. The van der Waals surface area contributed by atoms with Gasteiger partial charge in [0.25, 0.3) is 0 Å². The number of rotatable bonds is 9. The molecule has 0 aliphatic carbocycles. The smallest absolute Gasteiger partial charge is 0.243 e. The van der Waals surface area contributed by atoms with Gasteiger partial charge in [-0.1, -0.05) is 0 Å². The van der Waals surface area contributed by atoms with Crippen molar-refractivity contribution >= 4 is 21.6 Å². The molecule has 0 spiro atoms. The second-order valence-corrected chi connectivity index (χ2v) is 7.39. The van der Waals surface area contributed by atoms with Crippen LogP contribution >= 0.6 is 0 Å². The second kappa shape index (κ2) is 8.89. The maximum absolute atomic E-state index is 12.4. The number of benzene rings is 1. The highest BCUT2D eigenvalue weighted by molar-refractivity contribution is 7.92. The molecule has 0 saturated heterocycles. The molecule has 1 amide bonds. The summed E-state index contributed by atoms with van der Waals surface area (Å²) in [6, 6.07) is 5.48. The lowest BCUT2D eigenvalue weighted by atomic mass is 10.2. The molecule has 1 rings (SSSR count). The summed E-state index contributed by atoms with van der Waals surface area (Å²) in [5, 5.41) is 2.74. The fourth-order valence-corrected chi connectivity index (χ4v) is 3.49. The van der Waals surface area contributed by atoms with E-state index in [1.54, 1.807) is 38.1 Å². The molecule has 2 atom stereocenters. The average Bonchev–Trinajstić information content (AvgIpc) is 2.48. The van der Waals surface area contributed by atoms with Crippen LogP contribution in [0.25, 0.3) is 0 Å². The van der Waals surface area contributed by atoms with E-state index >= 15 is 0 Å². The first-order valence-corrected chi connectivity index (χ1v) is 9.57. The largest absolute Gasteiger partial charge is 0.494 e. The summed E-state index contributed by atoms with van der Waals surface area (Å²) in [4.78, 5) is 12.4. The lowest BCUT2D eigenvalue weighted by Crippen LogP contribution is -2.50. The maximum Gasteiger partial charge on any atom is 0.243 e. The van der Waals surface area contributed by atoms with Gasteiger partial charge >= 0.3 is 0 Å². The predicted octanol–water partition coefficient (Wildman–Crippen LogP) is 1.39. The third kappa shape index (κ3) is 5.68. The van der Waals surface area contributed by atoms with Crippen LogP contribution in [0.3, 0.4) is 0 Å². The Bertz CT molecular complexity index is 630. The van der Waals surface area contributed by atoms with Crippen molar-refractivity contribution < 1.29 is 22.7 Å². The zero-order chi connectivity index (χ0) is 18.3. The van der Waals surface area contributed by atoms with Gasteiger partial charge in [-0.15, -0.1) is 0 Å². The van der Waals surface area contributed by atoms with Crippen molar-refractivity contribution in [2.75, 3.05) is 30.9 Å². The first kappa shape index (κ1) is 20.2. The molecule has 0 saturated carbocycles. The molecule has 24 heavy (non-hydrogen) atoms. The predicted molar refractivity (Wildman–Crippen MR) is 93.9 cm³/mol. The number of ether oxygens (including phenoxy) is 2. The molecular formula is C16H26N2O5S. The fraction of sp³-hybridized carbons (Fsp3) is 0.562.